The summed E-state index contributed by atoms with van der Waals surface area (Å²) in [4.78, 5) is 12.2. The highest BCUT2D eigenvalue weighted by Gasteiger charge is 2.15. The zero-order chi connectivity index (χ0) is 15.2. The van der Waals surface area contributed by atoms with E-state index in [1.54, 1.807) is 18.2 Å². The van der Waals surface area contributed by atoms with Gasteiger partial charge in [-0.2, -0.15) is 5.10 Å². The third-order valence-corrected chi connectivity index (χ3v) is 2.71. The average Bonchev–Trinajstić information content (AvgIpc) is 2.88. The number of aromatic nitrogens is 2. The number of anilines is 2. The molecule has 112 valence electrons. The molecule has 7 nitrogen and oxygen atoms in total. The van der Waals surface area contributed by atoms with E-state index >= 15 is 0 Å². The van der Waals surface area contributed by atoms with E-state index in [9.17, 15) is 4.79 Å². The fraction of sp³-hybridized carbons (Fsp3) is 0.286. The van der Waals surface area contributed by atoms with Crippen LogP contribution in [0.1, 0.15) is 24.3 Å². The topological polar surface area (TPSA) is 102 Å². The van der Waals surface area contributed by atoms with Gasteiger partial charge in [-0.05, 0) is 26.0 Å². The van der Waals surface area contributed by atoms with Crippen LogP contribution in [0.5, 0.6) is 11.5 Å². The van der Waals surface area contributed by atoms with E-state index < -0.39 is 0 Å². The Morgan fingerprint density at radius 2 is 2.10 bits per heavy atom. The minimum absolute atomic E-state index is 0.208. The van der Waals surface area contributed by atoms with E-state index in [0.717, 1.165) is 0 Å². The number of carbonyl (C=O) groups excluding carboxylic acids is 1. The number of nitrogens with zero attached hydrogens (tertiary/aromatic N) is 1. The molecule has 0 saturated heterocycles. The number of hydrogen-bond acceptors (Lipinski definition) is 5. The molecule has 21 heavy (non-hydrogen) atoms. The van der Waals surface area contributed by atoms with E-state index in [-0.39, 0.29) is 17.3 Å². The van der Waals surface area contributed by atoms with Crippen LogP contribution in [0.15, 0.2) is 24.4 Å². The fourth-order valence-electron chi connectivity index (χ4n) is 1.81. The first-order valence-corrected chi connectivity index (χ1v) is 6.65. The van der Waals surface area contributed by atoms with Gasteiger partial charge in [0.25, 0.3) is 5.91 Å². The Bertz CT molecular complexity index is 624. The van der Waals surface area contributed by atoms with Crippen molar-refractivity contribution in [3.8, 4) is 11.5 Å². The summed E-state index contributed by atoms with van der Waals surface area (Å²) in [7, 11) is 0. The highest BCUT2D eigenvalue weighted by Crippen LogP contribution is 2.30. The van der Waals surface area contributed by atoms with Gasteiger partial charge in [-0.3, -0.25) is 9.89 Å². The summed E-state index contributed by atoms with van der Waals surface area (Å²) in [6, 6.07) is 5.24. The predicted molar refractivity (Wildman–Crippen MR) is 79.7 cm³/mol. The first kappa shape index (κ1) is 14.7. The summed E-state index contributed by atoms with van der Waals surface area (Å²) < 4.78 is 10.9. The SMILES string of the molecule is CCOc1ccc(OCC)c(NC(=O)c2[nH]ncc2N)c1. The monoisotopic (exact) mass is 290 g/mol. The van der Waals surface area contributed by atoms with Crippen molar-refractivity contribution in [1.29, 1.82) is 0 Å². The molecule has 0 spiro atoms. The second-order valence-electron chi connectivity index (χ2n) is 4.18. The van der Waals surface area contributed by atoms with E-state index in [4.69, 9.17) is 15.2 Å². The average molecular weight is 290 g/mol. The molecule has 1 aromatic carbocycles. The minimum atomic E-state index is -0.389. The molecule has 7 heteroatoms. The number of hydrogen-bond donors (Lipinski definition) is 3. The van der Waals surface area contributed by atoms with Gasteiger partial charge < -0.3 is 20.5 Å². The highest BCUT2D eigenvalue weighted by atomic mass is 16.5. The number of amides is 1. The first-order valence-electron chi connectivity index (χ1n) is 6.65. The Morgan fingerprint density at radius 1 is 1.33 bits per heavy atom. The van der Waals surface area contributed by atoms with Crippen molar-refractivity contribution in [3.63, 3.8) is 0 Å². The summed E-state index contributed by atoms with van der Waals surface area (Å²) >= 11 is 0. The van der Waals surface area contributed by atoms with Crippen LogP contribution in [0.2, 0.25) is 0 Å². The molecular weight excluding hydrogens is 272 g/mol. The molecule has 2 aromatic rings. The normalized spacial score (nSPS) is 10.2. The largest absolute Gasteiger partial charge is 0.494 e. The van der Waals surface area contributed by atoms with E-state index in [1.165, 1.54) is 6.20 Å². The molecule has 0 bridgehead atoms. The maximum atomic E-state index is 12.2. The Balaban J connectivity index is 2.25. The van der Waals surface area contributed by atoms with Crippen LogP contribution in [-0.4, -0.2) is 29.3 Å². The molecule has 4 N–H and O–H groups in total. The first-order chi connectivity index (χ1) is 10.2. The van der Waals surface area contributed by atoms with Crippen LogP contribution in [0, 0.1) is 0 Å². The molecule has 1 heterocycles. The predicted octanol–water partition coefficient (Wildman–Crippen LogP) is 2.04. The lowest BCUT2D eigenvalue weighted by Gasteiger charge is -2.13. The van der Waals surface area contributed by atoms with Crippen LogP contribution < -0.4 is 20.5 Å². The van der Waals surface area contributed by atoms with Gasteiger partial charge in [0.2, 0.25) is 0 Å². The number of nitrogens with one attached hydrogen (secondary N) is 2. The second-order valence-corrected chi connectivity index (χ2v) is 4.18. The standard InChI is InChI=1S/C14H18N4O3/c1-3-20-9-5-6-12(21-4-2)11(7-9)17-14(19)13-10(15)8-16-18-13/h5-8H,3-4,15H2,1-2H3,(H,16,18)(H,17,19). The Morgan fingerprint density at radius 3 is 2.71 bits per heavy atom. The lowest BCUT2D eigenvalue weighted by atomic mass is 10.2. The third kappa shape index (κ3) is 3.44. The van der Waals surface area contributed by atoms with Gasteiger partial charge in [0.1, 0.15) is 17.2 Å². The molecule has 0 radical (unpaired) electrons. The molecule has 0 aliphatic heterocycles. The van der Waals surface area contributed by atoms with Crippen molar-refractivity contribution in [2.75, 3.05) is 24.3 Å². The van der Waals surface area contributed by atoms with Gasteiger partial charge in [0, 0.05) is 6.07 Å². The van der Waals surface area contributed by atoms with Crippen molar-refractivity contribution < 1.29 is 14.3 Å². The molecular formula is C14H18N4O3. The summed E-state index contributed by atoms with van der Waals surface area (Å²) in [5.74, 6) is 0.820. The van der Waals surface area contributed by atoms with Gasteiger partial charge in [-0.1, -0.05) is 0 Å². The number of nitrogens with two attached hydrogens (primary N) is 1. The Kier molecular flexibility index (Phi) is 4.65. The Hall–Kier alpha value is -2.70. The summed E-state index contributed by atoms with van der Waals surface area (Å²) in [6.45, 7) is 4.78. The zero-order valence-corrected chi connectivity index (χ0v) is 12.0. The smallest absolute Gasteiger partial charge is 0.275 e. The van der Waals surface area contributed by atoms with E-state index in [0.29, 0.717) is 30.4 Å². The lowest BCUT2D eigenvalue weighted by Crippen LogP contribution is -2.15. The molecule has 0 saturated carbocycles. The van der Waals surface area contributed by atoms with Crippen LogP contribution in [0.3, 0.4) is 0 Å². The number of nitrogen functional groups attached to an aromatic ring is 1. The van der Waals surface area contributed by atoms with Crippen LogP contribution in [0.25, 0.3) is 0 Å². The van der Waals surface area contributed by atoms with Crippen LogP contribution in [0.4, 0.5) is 11.4 Å². The lowest BCUT2D eigenvalue weighted by molar-refractivity contribution is 0.102. The molecule has 0 aliphatic rings. The van der Waals surface area contributed by atoms with Gasteiger partial charge in [0.05, 0.1) is 30.8 Å². The van der Waals surface area contributed by atoms with Gasteiger partial charge in [-0.15, -0.1) is 0 Å². The Labute approximate surface area is 122 Å². The minimum Gasteiger partial charge on any atom is -0.494 e. The molecule has 1 aromatic heterocycles. The number of aromatic amines is 1. The van der Waals surface area contributed by atoms with Gasteiger partial charge >= 0.3 is 0 Å². The molecule has 0 aliphatic carbocycles. The quantitative estimate of drug-likeness (QED) is 0.755. The second kappa shape index (κ2) is 6.65. The number of benzene rings is 1. The van der Waals surface area contributed by atoms with Crippen molar-refractivity contribution >= 4 is 17.3 Å². The summed E-state index contributed by atoms with van der Waals surface area (Å²) in [5, 5.41) is 9.02. The van der Waals surface area contributed by atoms with E-state index in [2.05, 4.69) is 15.5 Å². The van der Waals surface area contributed by atoms with Crippen molar-refractivity contribution in [3.05, 3.63) is 30.1 Å². The maximum Gasteiger partial charge on any atom is 0.275 e. The molecule has 0 unspecified atom stereocenters. The third-order valence-electron chi connectivity index (χ3n) is 2.71. The maximum absolute atomic E-state index is 12.2. The number of carbonyl (C=O) groups is 1. The van der Waals surface area contributed by atoms with Crippen molar-refractivity contribution in [2.24, 2.45) is 0 Å². The van der Waals surface area contributed by atoms with Gasteiger partial charge in [0.15, 0.2) is 0 Å². The molecule has 1 amide bonds. The van der Waals surface area contributed by atoms with Crippen molar-refractivity contribution in [1.82, 2.24) is 10.2 Å². The summed E-state index contributed by atoms with van der Waals surface area (Å²) in [6.07, 6.45) is 1.38. The molecule has 0 atom stereocenters. The van der Waals surface area contributed by atoms with Crippen LogP contribution in [-0.2, 0) is 0 Å². The van der Waals surface area contributed by atoms with Crippen LogP contribution >= 0.6 is 0 Å². The fourth-order valence-corrected chi connectivity index (χ4v) is 1.81. The number of H-pyrrole nitrogens is 1. The zero-order valence-electron chi connectivity index (χ0n) is 12.0. The van der Waals surface area contributed by atoms with E-state index in [1.807, 2.05) is 13.8 Å². The number of ether oxygens (including phenoxy) is 2. The molecule has 0 fully saturated rings. The highest BCUT2D eigenvalue weighted by molar-refractivity contribution is 6.06. The summed E-state index contributed by atoms with van der Waals surface area (Å²) in [5.41, 5.74) is 6.67. The van der Waals surface area contributed by atoms with Gasteiger partial charge in [-0.25, -0.2) is 0 Å². The number of rotatable bonds is 6. The molecule has 2 rings (SSSR count). The van der Waals surface area contributed by atoms with Crippen molar-refractivity contribution in [2.45, 2.75) is 13.8 Å².